The lowest BCUT2D eigenvalue weighted by atomic mass is 10.1. The molecule has 0 aliphatic carbocycles. The molecule has 1 aliphatic heterocycles. The molecule has 5 rings (SSSR count). The van der Waals surface area contributed by atoms with Crippen LogP contribution >= 0.6 is 11.5 Å². The average molecular weight is 468 g/mol. The molecule has 8 nitrogen and oxygen atoms in total. The highest BCUT2D eigenvalue weighted by Gasteiger charge is 2.26. The van der Waals surface area contributed by atoms with Crippen LogP contribution in [0.2, 0.25) is 0 Å². The minimum Gasteiger partial charge on any atom is -0.339 e. The molecule has 1 fully saturated rings. The van der Waals surface area contributed by atoms with Crippen molar-refractivity contribution in [2.45, 2.75) is 24.3 Å². The van der Waals surface area contributed by atoms with Crippen LogP contribution in [0.5, 0.6) is 0 Å². The van der Waals surface area contributed by atoms with E-state index < -0.39 is 10.0 Å². The fourth-order valence-corrected chi connectivity index (χ4v) is 5.83. The number of likely N-dealkylation sites (tertiary alicyclic amines) is 1. The molecule has 1 aliphatic rings. The Morgan fingerprint density at radius 1 is 1.06 bits per heavy atom. The first kappa shape index (κ1) is 20.7. The van der Waals surface area contributed by atoms with Crippen LogP contribution in [0, 0.1) is 0 Å². The van der Waals surface area contributed by atoms with Gasteiger partial charge in [-0.3, -0.25) is 9.52 Å². The quantitative estimate of drug-likeness (QED) is 0.480. The van der Waals surface area contributed by atoms with E-state index in [1.807, 2.05) is 35.2 Å². The van der Waals surface area contributed by atoms with Crippen LogP contribution in [0.4, 0.5) is 5.69 Å². The molecule has 32 heavy (non-hydrogen) atoms. The van der Waals surface area contributed by atoms with Crippen molar-refractivity contribution in [3.8, 4) is 5.69 Å². The van der Waals surface area contributed by atoms with E-state index >= 15 is 0 Å². The van der Waals surface area contributed by atoms with Gasteiger partial charge in [0.2, 0.25) is 0 Å². The third-order valence-corrected chi connectivity index (χ3v) is 7.61. The summed E-state index contributed by atoms with van der Waals surface area (Å²) in [5.74, 6) is -0.176. The maximum absolute atomic E-state index is 13.3. The van der Waals surface area contributed by atoms with Crippen molar-refractivity contribution < 1.29 is 13.2 Å². The van der Waals surface area contributed by atoms with Gasteiger partial charge < -0.3 is 9.47 Å². The second-order valence-corrected chi connectivity index (χ2v) is 10.1. The lowest BCUT2D eigenvalue weighted by Crippen LogP contribution is -2.36. The van der Waals surface area contributed by atoms with Gasteiger partial charge in [-0.25, -0.2) is 4.98 Å². The largest absolute Gasteiger partial charge is 0.339 e. The molecule has 0 radical (unpaired) electrons. The third kappa shape index (κ3) is 3.87. The van der Waals surface area contributed by atoms with Gasteiger partial charge in [-0.15, -0.1) is 0 Å². The Morgan fingerprint density at radius 2 is 1.84 bits per heavy atom. The van der Waals surface area contributed by atoms with E-state index in [0.717, 1.165) is 29.6 Å². The number of carbonyl (C=O) groups excluding carboxylic acids is 1. The number of nitrogens with zero attached hydrogens (tertiary/aromatic N) is 4. The Kier molecular flexibility index (Phi) is 5.40. The molecule has 0 bridgehead atoms. The summed E-state index contributed by atoms with van der Waals surface area (Å²) in [6, 6.07) is 10.7. The molecule has 10 heteroatoms. The highest BCUT2D eigenvalue weighted by Crippen LogP contribution is 2.29. The molecule has 1 amide bonds. The first-order valence-electron chi connectivity index (χ1n) is 10.3. The smallest absolute Gasteiger partial charge is 0.280 e. The fourth-order valence-electron chi connectivity index (χ4n) is 3.92. The van der Waals surface area contributed by atoms with Crippen molar-refractivity contribution >= 4 is 43.2 Å². The summed E-state index contributed by atoms with van der Waals surface area (Å²) in [7, 11) is -4.06. The van der Waals surface area contributed by atoms with Crippen molar-refractivity contribution in [2.75, 3.05) is 17.8 Å². The molecular weight excluding hydrogens is 446 g/mol. The Labute approximate surface area is 189 Å². The van der Waals surface area contributed by atoms with Crippen molar-refractivity contribution in [1.29, 1.82) is 0 Å². The SMILES string of the molecule is O=C(c1ccc(-n2cccc2)cc1NS(=O)(=O)c1nccc2sncc12)N1CCCCC1. The Morgan fingerprint density at radius 3 is 2.62 bits per heavy atom. The topological polar surface area (TPSA) is 97.2 Å². The normalized spacial score (nSPS) is 14.6. The molecule has 164 valence electrons. The summed E-state index contributed by atoms with van der Waals surface area (Å²) in [6.45, 7) is 1.34. The third-order valence-electron chi connectivity index (χ3n) is 5.52. The standard InChI is InChI=1S/C22H21N5O3S2/c28-22(27-12-2-1-3-13-27)17-7-6-16(26-10-4-5-11-26)14-19(17)25-32(29,30)21-18-15-24-31-20(18)8-9-23-21/h4-11,14-15,25H,1-3,12-13H2. The minimum absolute atomic E-state index is 0.105. The van der Waals surface area contributed by atoms with Crippen LogP contribution in [0.15, 0.2) is 66.2 Å². The van der Waals surface area contributed by atoms with Gasteiger partial charge in [0.25, 0.3) is 15.9 Å². The van der Waals surface area contributed by atoms with E-state index in [0.29, 0.717) is 24.0 Å². The Bertz CT molecular complexity index is 1370. The number of pyridine rings is 1. The second-order valence-electron chi connectivity index (χ2n) is 7.63. The van der Waals surface area contributed by atoms with Gasteiger partial charge in [0.1, 0.15) is 0 Å². The lowest BCUT2D eigenvalue weighted by molar-refractivity contribution is 0.0725. The van der Waals surface area contributed by atoms with Crippen LogP contribution in [0.25, 0.3) is 15.8 Å². The number of aromatic nitrogens is 3. The summed E-state index contributed by atoms with van der Waals surface area (Å²) in [4.78, 5) is 19.2. The van der Waals surface area contributed by atoms with E-state index in [1.54, 1.807) is 23.1 Å². The van der Waals surface area contributed by atoms with Gasteiger partial charge in [0.05, 0.1) is 27.5 Å². The maximum Gasteiger partial charge on any atom is 0.280 e. The molecule has 0 unspecified atom stereocenters. The summed E-state index contributed by atoms with van der Waals surface area (Å²) in [5.41, 5.74) is 1.29. The van der Waals surface area contributed by atoms with Gasteiger partial charge in [0, 0.05) is 37.4 Å². The van der Waals surface area contributed by atoms with Crippen LogP contribution in [-0.2, 0) is 10.0 Å². The highest BCUT2D eigenvalue weighted by atomic mass is 32.2. The number of hydrogen-bond donors (Lipinski definition) is 1. The van der Waals surface area contributed by atoms with Crippen LogP contribution in [-0.4, -0.2) is 46.2 Å². The lowest BCUT2D eigenvalue weighted by Gasteiger charge is -2.27. The number of anilines is 1. The van der Waals surface area contributed by atoms with Gasteiger partial charge in [0.15, 0.2) is 5.03 Å². The number of carbonyl (C=O) groups is 1. The molecule has 1 aromatic carbocycles. The van der Waals surface area contributed by atoms with E-state index in [9.17, 15) is 13.2 Å². The fraction of sp³-hybridized carbons (Fsp3) is 0.227. The summed E-state index contributed by atoms with van der Waals surface area (Å²) < 4.78 is 36.0. The van der Waals surface area contributed by atoms with Crippen molar-refractivity contribution in [1.82, 2.24) is 18.8 Å². The first-order valence-corrected chi connectivity index (χ1v) is 12.6. The molecule has 3 aromatic heterocycles. The molecule has 0 atom stereocenters. The van der Waals surface area contributed by atoms with Gasteiger partial charge in [-0.05, 0) is 67.2 Å². The number of rotatable bonds is 5. The van der Waals surface area contributed by atoms with E-state index in [1.165, 1.54) is 23.9 Å². The molecular formula is C22H21N5O3S2. The minimum atomic E-state index is -4.06. The van der Waals surface area contributed by atoms with Crippen molar-refractivity contribution in [3.63, 3.8) is 0 Å². The number of amides is 1. The summed E-state index contributed by atoms with van der Waals surface area (Å²) >= 11 is 1.21. The number of sulfonamides is 1. The second kappa shape index (κ2) is 8.36. The zero-order chi connectivity index (χ0) is 22.1. The number of piperidine rings is 1. The van der Waals surface area contributed by atoms with Crippen LogP contribution in [0.3, 0.4) is 0 Å². The van der Waals surface area contributed by atoms with Gasteiger partial charge >= 0.3 is 0 Å². The zero-order valence-corrected chi connectivity index (χ0v) is 18.8. The molecule has 4 aromatic rings. The van der Waals surface area contributed by atoms with Gasteiger partial charge in [-0.2, -0.15) is 12.8 Å². The monoisotopic (exact) mass is 467 g/mol. The zero-order valence-electron chi connectivity index (χ0n) is 17.1. The number of fused-ring (bicyclic) bond motifs is 1. The van der Waals surface area contributed by atoms with Crippen LogP contribution in [0.1, 0.15) is 29.6 Å². The molecule has 0 saturated carbocycles. The molecule has 1 N–H and O–H groups in total. The first-order chi connectivity index (χ1) is 15.5. The number of nitrogens with one attached hydrogen (secondary N) is 1. The van der Waals surface area contributed by atoms with E-state index in [-0.39, 0.29) is 16.6 Å². The Balaban J connectivity index is 1.58. The predicted octanol–water partition coefficient (Wildman–Crippen LogP) is 3.91. The Hall–Kier alpha value is -3.24. The molecule has 1 saturated heterocycles. The molecule has 4 heterocycles. The highest BCUT2D eigenvalue weighted by molar-refractivity contribution is 7.92. The van der Waals surface area contributed by atoms with Crippen LogP contribution < -0.4 is 4.72 Å². The number of hydrogen-bond acceptors (Lipinski definition) is 6. The van der Waals surface area contributed by atoms with Gasteiger partial charge in [-0.1, -0.05) is 0 Å². The average Bonchev–Trinajstić information content (AvgIpc) is 3.51. The predicted molar refractivity (Wildman–Crippen MR) is 124 cm³/mol. The van der Waals surface area contributed by atoms with Crippen molar-refractivity contribution in [2.24, 2.45) is 0 Å². The maximum atomic E-state index is 13.3. The summed E-state index contributed by atoms with van der Waals surface area (Å²) in [6.07, 6.45) is 9.66. The number of benzene rings is 1. The summed E-state index contributed by atoms with van der Waals surface area (Å²) in [5, 5.41) is 0.349. The molecule has 0 spiro atoms. The van der Waals surface area contributed by atoms with Crippen molar-refractivity contribution in [3.05, 3.63) is 66.7 Å². The van der Waals surface area contributed by atoms with E-state index in [2.05, 4.69) is 14.1 Å². The van der Waals surface area contributed by atoms with E-state index in [4.69, 9.17) is 0 Å².